The van der Waals surface area contributed by atoms with Crippen LogP contribution in [0.25, 0.3) is 93.8 Å². The van der Waals surface area contributed by atoms with Crippen molar-refractivity contribution in [1.82, 2.24) is 0 Å². The fourth-order valence-corrected chi connectivity index (χ4v) is 13.7. The van der Waals surface area contributed by atoms with Crippen LogP contribution in [-0.4, -0.2) is 0 Å². The molecule has 0 spiro atoms. The lowest BCUT2D eigenvalue weighted by molar-refractivity contribution is 0.669. The maximum atomic E-state index is 7.38. The molecule has 0 amide bonds. The molecule has 4 heteroatoms. The van der Waals surface area contributed by atoms with E-state index in [0.29, 0.717) is 0 Å². The van der Waals surface area contributed by atoms with Crippen LogP contribution in [0.4, 0.5) is 34.1 Å². The second-order valence-electron chi connectivity index (χ2n) is 23.6. The van der Waals surface area contributed by atoms with Crippen molar-refractivity contribution in [2.45, 2.75) is 101 Å². The van der Waals surface area contributed by atoms with Crippen LogP contribution in [-0.2, 0) is 12.8 Å². The van der Waals surface area contributed by atoms with Crippen molar-refractivity contribution in [2.24, 2.45) is 0 Å². The number of nitrogens with zero attached hydrogens (tertiary/aromatic N) is 2. The van der Waals surface area contributed by atoms with Crippen LogP contribution >= 0.6 is 0 Å². The zero-order chi connectivity index (χ0) is 57.5. The summed E-state index contributed by atoms with van der Waals surface area (Å²) in [6.45, 7) is 29.7. The summed E-state index contributed by atoms with van der Waals surface area (Å²) >= 11 is 0. The van der Waals surface area contributed by atoms with E-state index < -0.39 is 0 Å². The molecule has 0 aliphatic carbocycles. The Kier molecular flexibility index (Phi) is 13.5. The third-order valence-corrected chi connectivity index (χ3v) is 17.7. The molecule has 13 rings (SSSR count). The van der Waals surface area contributed by atoms with Gasteiger partial charge in [0.1, 0.15) is 11.2 Å². The molecular weight excluding hydrogens is 1010 g/mol. The van der Waals surface area contributed by atoms with Gasteiger partial charge in [-0.2, -0.15) is 0 Å². The summed E-state index contributed by atoms with van der Waals surface area (Å²) in [4.78, 5) is 4.97. The number of rotatable bonds is 13. The molecule has 4 nitrogen and oxygen atoms in total. The summed E-state index contributed by atoms with van der Waals surface area (Å²) in [5.74, 6) is 0.375. The van der Waals surface area contributed by atoms with Gasteiger partial charge in [-0.05, 0) is 162 Å². The van der Waals surface area contributed by atoms with Gasteiger partial charge in [0, 0.05) is 55.0 Å². The molecule has 13 aromatic rings. The number of hydrogen-bond donors (Lipinski definition) is 0. The Balaban J connectivity index is 1.13. The second kappa shape index (κ2) is 21.0. The Morgan fingerprint density at radius 3 is 1.29 bits per heavy atom. The number of furan rings is 2. The molecule has 83 heavy (non-hydrogen) atoms. The van der Waals surface area contributed by atoms with E-state index >= 15 is 0 Å². The van der Waals surface area contributed by atoms with Gasteiger partial charge >= 0.3 is 0 Å². The van der Waals surface area contributed by atoms with Gasteiger partial charge in [0.15, 0.2) is 11.2 Å². The van der Waals surface area contributed by atoms with E-state index in [4.69, 9.17) is 15.4 Å². The first kappa shape index (κ1) is 53.2. The smallest absolute Gasteiger partial charge is 0.159 e. The van der Waals surface area contributed by atoms with E-state index in [0.717, 1.165) is 113 Å². The number of para-hydroxylation sites is 4. The van der Waals surface area contributed by atoms with E-state index in [1.165, 1.54) is 77.4 Å². The predicted molar refractivity (Wildman–Crippen MR) is 357 cm³/mol. The van der Waals surface area contributed by atoms with Gasteiger partial charge in [0.05, 0.1) is 22.7 Å². The molecule has 0 fully saturated rings. The van der Waals surface area contributed by atoms with Crippen molar-refractivity contribution in [3.8, 4) is 22.3 Å². The second-order valence-corrected chi connectivity index (χ2v) is 23.6. The zero-order valence-electron chi connectivity index (χ0n) is 49.9. The molecular formula is C79H72N2O2. The van der Waals surface area contributed by atoms with Gasteiger partial charge in [0.25, 0.3) is 0 Å². The summed E-state index contributed by atoms with van der Waals surface area (Å²) in [6.07, 6.45) is 3.97. The Bertz CT molecular complexity index is 4750. The summed E-state index contributed by atoms with van der Waals surface area (Å²) in [6, 6.07) is 67.4. The van der Waals surface area contributed by atoms with Crippen molar-refractivity contribution < 1.29 is 8.83 Å². The summed E-state index contributed by atoms with van der Waals surface area (Å²) in [7, 11) is 0. The van der Waals surface area contributed by atoms with Crippen LogP contribution in [0.2, 0.25) is 0 Å². The fraction of sp³-hybridized carbons (Fsp3) is 0.190. The van der Waals surface area contributed by atoms with Crippen molar-refractivity contribution in [2.75, 3.05) is 9.80 Å². The molecule has 2 heterocycles. The van der Waals surface area contributed by atoms with Gasteiger partial charge in [-0.3, -0.25) is 0 Å². The number of fused-ring (bicyclic) bond motifs is 9. The Morgan fingerprint density at radius 2 is 0.819 bits per heavy atom. The molecule has 410 valence electrons. The van der Waals surface area contributed by atoms with Crippen LogP contribution < -0.4 is 9.80 Å². The fourth-order valence-electron chi connectivity index (χ4n) is 13.7. The first-order valence-electron chi connectivity index (χ1n) is 29.8. The lowest BCUT2D eigenvalue weighted by atomic mass is 9.84. The molecule has 0 unspecified atom stereocenters. The third-order valence-electron chi connectivity index (χ3n) is 17.7. The topological polar surface area (TPSA) is 32.8 Å². The quantitative estimate of drug-likeness (QED) is 0.108. The summed E-state index contributed by atoms with van der Waals surface area (Å²) in [5.41, 5.74) is 26.6. The highest BCUT2D eigenvalue weighted by Crippen LogP contribution is 2.53. The Labute approximate surface area is 488 Å². The van der Waals surface area contributed by atoms with E-state index in [1.54, 1.807) is 0 Å². The highest BCUT2D eigenvalue weighted by Gasteiger charge is 2.30. The molecule has 0 saturated heterocycles. The van der Waals surface area contributed by atoms with Crippen molar-refractivity contribution >= 4 is 106 Å². The van der Waals surface area contributed by atoms with E-state index in [-0.39, 0.29) is 11.8 Å². The van der Waals surface area contributed by atoms with Crippen molar-refractivity contribution in [3.63, 3.8) is 0 Å². The van der Waals surface area contributed by atoms with Crippen LogP contribution in [0.1, 0.15) is 109 Å². The summed E-state index contributed by atoms with van der Waals surface area (Å²) in [5, 5.41) is 9.14. The first-order chi connectivity index (χ1) is 40.3. The van der Waals surface area contributed by atoms with Gasteiger partial charge in [-0.25, -0.2) is 0 Å². The van der Waals surface area contributed by atoms with Crippen LogP contribution in [0.15, 0.2) is 197 Å². The SMILES string of the molecule is C=Cc1c(N(c2ccc(C)cc2C)c2cccc3c2oc2c(-c4ccccc4CC)cccc23)cc(C(C)C)c2ccc3c(N(c4ccc(C)cc4C)c4cccc5c4oc4c(-c6ccccc6CC)cccc45)cc(C(C)C)c(C)c3c12. The van der Waals surface area contributed by atoms with Crippen LogP contribution in [0, 0.1) is 34.6 Å². The van der Waals surface area contributed by atoms with Crippen molar-refractivity contribution in [3.05, 3.63) is 244 Å². The normalized spacial score (nSPS) is 11.9. The standard InChI is InChI=1S/C79H72N2O2/c1-13-53-24-16-18-26-56(53)59-28-20-30-61-63-32-22-34-70(78(63)82-76(59)61)80(68-40-36-48(8)42-50(68)10)72-45-67(47(6)7)58-38-39-65-73(44-66(46(4)5)52(12)74(65)75(58)55(72)15-3)81(69-41-37-49(9)43-51(69)11)71-35-23-33-64-62-31-21-29-60(77(62)83-79(64)71)57-27-19-17-25-54(57)14-2/h15-47H,3,13-14H2,1-2,4-12H3. The van der Waals surface area contributed by atoms with Gasteiger partial charge in [-0.15, -0.1) is 0 Å². The number of anilines is 6. The first-order valence-corrected chi connectivity index (χ1v) is 29.8. The minimum Gasteiger partial charge on any atom is -0.453 e. The number of hydrogen-bond acceptors (Lipinski definition) is 4. The maximum absolute atomic E-state index is 7.38. The minimum atomic E-state index is 0.177. The molecule has 0 aliphatic rings. The number of aryl methyl sites for hydroxylation is 7. The molecule has 2 aromatic heterocycles. The molecule has 0 N–H and O–H groups in total. The lowest BCUT2D eigenvalue weighted by Gasteiger charge is -2.32. The van der Waals surface area contributed by atoms with E-state index in [1.807, 2.05) is 0 Å². The maximum Gasteiger partial charge on any atom is 0.159 e. The highest BCUT2D eigenvalue weighted by atomic mass is 16.3. The number of benzene rings is 11. The Hall–Kier alpha value is -9.12. The highest BCUT2D eigenvalue weighted by molar-refractivity contribution is 6.22. The third kappa shape index (κ3) is 8.64. The summed E-state index contributed by atoms with van der Waals surface area (Å²) < 4.78 is 14.8. The zero-order valence-corrected chi connectivity index (χ0v) is 49.9. The largest absolute Gasteiger partial charge is 0.453 e. The minimum absolute atomic E-state index is 0.177. The molecule has 0 bridgehead atoms. The van der Waals surface area contributed by atoms with Gasteiger partial charge < -0.3 is 18.6 Å². The Morgan fingerprint density at radius 1 is 0.386 bits per heavy atom. The van der Waals surface area contributed by atoms with E-state index in [2.05, 4.69) is 274 Å². The van der Waals surface area contributed by atoms with Crippen LogP contribution in [0.3, 0.4) is 0 Å². The lowest BCUT2D eigenvalue weighted by Crippen LogP contribution is -2.15. The monoisotopic (exact) mass is 1080 g/mol. The molecule has 0 atom stereocenters. The molecule has 11 aromatic carbocycles. The van der Waals surface area contributed by atoms with Crippen LogP contribution in [0.5, 0.6) is 0 Å². The molecule has 0 aliphatic heterocycles. The average molecular weight is 1080 g/mol. The molecule has 0 saturated carbocycles. The predicted octanol–water partition coefficient (Wildman–Crippen LogP) is 23.6. The van der Waals surface area contributed by atoms with Crippen molar-refractivity contribution in [1.29, 1.82) is 0 Å². The molecule has 0 radical (unpaired) electrons. The van der Waals surface area contributed by atoms with Gasteiger partial charge in [0.2, 0.25) is 0 Å². The average Bonchev–Trinajstić information content (AvgIpc) is 3.59. The van der Waals surface area contributed by atoms with Gasteiger partial charge in [-0.1, -0.05) is 211 Å². The van der Waals surface area contributed by atoms with E-state index in [9.17, 15) is 0 Å².